The molecule has 0 amide bonds. The minimum absolute atomic E-state index is 0.0863. The van der Waals surface area contributed by atoms with Crippen molar-refractivity contribution in [1.29, 1.82) is 0 Å². The first-order valence-corrected chi connectivity index (χ1v) is 5.97. The van der Waals surface area contributed by atoms with Crippen LogP contribution in [0, 0.1) is 0 Å². The lowest BCUT2D eigenvalue weighted by Crippen LogP contribution is -2.18. The Labute approximate surface area is 110 Å². The molecule has 2 heterocycles. The maximum Gasteiger partial charge on any atom is 0.229 e. The highest BCUT2D eigenvalue weighted by atomic mass is 35.5. The third-order valence-electron chi connectivity index (χ3n) is 2.40. The van der Waals surface area contributed by atoms with Gasteiger partial charge in [0, 0.05) is 12.5 Å². The van der Waals surface area contributed by atoms with Crippen molar-refractivity contribution in [2.24, 2.45) is 0 Å². The van der Waals surface area contributed by atoms with E-state index in [-0.39, 0.29) is 17.3 Å². The second kappa shape index (κ2) is 5.68. The molecule has 18 heavy (non-hydrogen) atoms. The summed E-state index contributed by atoms with van der Waals surface area (Å²) in [5.41, 5.74) is 5.48. The number of hydrogen-bond acceptors (Lipinski definition) is 6. The van der Waals surface area contributed by atoms with E-state index < -0.39 is 0 Å². The van der Waals surface area contributed by atoms with Gasteiger partial charge in [-0.15, -0.1) is 0 Å². The van der Waals surface area contributed by atoms with Crippen LogP contribution in [0.15, 0.2) is 22.8 Å². The zero-order valence-electron chi connectivity index (χ0n) is 9.93. The maximum absolute atomic E-state index is 5.69. The first-order chi connectivity index (χ1) is 8.63. The van der Waals surface area contributed by atoms with Gasteiger partial charge in [-0.1, -0.05) is 0 Å². The van der Waals surface area contributed by atoms with Crippen molar-refractivity contribution < 1.29 is 4.42 Å². The van der Waals surface area contributed by atoms with Crippen LogP contribution in [0.5, 0.6) is 0 Å². The highest BCUT2D eigenvalue weighted by molar-refractivity contribution is 6.28. The first-order valence-electron chi connectivity index (χ1n) is 5.59. The number of hydrogen-bond donors (Lipinski definition) is 2. The van der Waals surface area contributed by atoms with Crippen LogP contribution < -0.4 is 11.1 Å². The molecule has 3 N–H and O–H groups in total. The molecule has 96 valence electrons. The number of nitrogens with one attached hydrogen (secondary N) is 1. The molecular weight excluding hydrogens is 254 g/mol. The molecule has 0 fully saturated rings. The lowest BCUT2D eigenvalue weighted by molar-refractivity contribution is 0.494. The predicted molar refractivity (Wildman–Crippen MR) is 69.4 cm³/mol. The lowest BCUT2D eigenvalue weighted by atomic mass is 10.1. The van der Waals surface area contributed by atoms with Crippen LogP contribution in [0.2, 0.25) is 5.28 Å². The number of nitrogens with zero attached hydrogens (tertiary/aromatic N) is 3. The van der Waals surface area contributed by atoms with Crippen molar-refractivity contribution >= 4 is 23.5 Å². The van der Waals surface area contributed by atoms with E-state index in [9.17, 15) is 0 Å². The maximum atomic E-state index is 5.69. The summed E-state index contributed by atoms with van der Waals surface area (Å²) in [6.45, 7) is 2.02. The van der Waals surface area contributed by atoms with Gasteiger partial charge in [0.2, 0.25) is 17.2 Å². The normalized spacial score (nSPS) is 12.3. The van der Waals surface area contributed by atoms with Gasteiger partial charge in [0.25, 0.3) is 0 Å². The van der Waals surface area contributed by atoms with Crippen LogP contribution in [0.1, 0.15) is 19.1 Å². The Balaban J connectivity index is 1.88. The largest absolute Gasteiger partial charge is 0.469 e. The van der Waals surface area contributed by atoms with Gasteiger partial charge >= 0.3 is 0 Å². The van der Waals surface area contributed by atoms with E-state index in [2.05, 4.69) is 20.3 Å². The summed E-state index contributed by atoms with van der Waals surface area (Å²) in [5.74, 6) is 1.45. The van der Waals surface area contributed by atoms with E-state index in [0.29, 0.717) is 5.95 Å². The van der Waals surface area contributed by atoms with E-state index in [1.165, 1.54) is 0 Å². The quantitative estimate of drug-likeness (QED) is 0.863. The van der Waals surface area contributed by atoms with E-state index in [1.807, 2.05) is 19.1 Å². The fourth-order valence-electron chi connectivity index (χ4n) is 1.54. The molecular formula is C11H14ClN5O. The van der Waals surface area contributed by atoms with E-state index in [1.54, 1.807) is 6.26 Å². The zero-order chi connectivity index (χ0) is 13.0. The second-order valence-electron chi connectivity index (χ2n) is 3.95. The van der Waals surface area contributed by atoms with Crippen LogP contribution in [-0.2, 0) is 6.42 Å². The molecule has 2 rings (SSSR count). The van der Waals surface area contributed by atoms with Gasteiger partial charge in [0.05, 0.1) is 6.26 Å². The number of aryl methyl sites for hydroxylation is 1. The summed E-state index contributed by atoms with van der Waals surface area (Å²) >= 11 is 5.69. The van der Waals surface area contributed by atoms with Crippen molar-refractivity contribution in [3.63, 3.8) is 0 Å². The molecule has 2 aromatic rings. The molecule has 7 heteroatoms. The molecule has 2 aromatic heterocycles. The number of rotatable bonds is 5. The van der Waals surface area contributed by atoms with E-state index >= 15 is 0 Å². The van der Waals surface area contributed by atoms with Gasteiger partial charge in [0.1, 0.15) is 5.76 Å². The molecule has 0 aliphatic rings. The molecule has 1 atom stereocenters. The molecule has 0 aliphatic heterocycles. The first kappa shape index (κ1) is 12.6. The molecule has 6 nitrogen and oxygen atoms in total. The molecule has 0 spiro atoms. The monoisotopic (exact) mass is 267 g/mol. The summed E-state index contributed by atoms with van der Waals surface area (Å²) in [6.07, 6.45) is 3.39. The van der Waals surface area contributed by atoms with Crippen LogP contribution in [0.3, 0.4) is 0 Å². The fourth-order valence-corrected chi connectivity index (χ4v) is 1.70. The SMILES string of the molecule is CC(CCc1ccco1)Nc1nc(N)nc(Cl)n1. The Hall–Kier alpha value is -1.82. The molecule has 0 saturated carbocycles. The number of anilines is 2. The van der Waals surface area contributed by atoms with Crippen LogP contribution in [0.4, 0.5) is 11.9 Å². The number of aromatic nitrogens is 3. The third kappa shape index (κ3) is 3.59. The topological polar surface area (TPSA) is 89.9 Å². The number of furan rings is 1. The Kier molecular flexibility index (Phi) is 3.99. The van der Waals surface area contributed by atoms with Crippen molar-refractivity contribution in [3.8, 4) is 0 Å². The van der Waals surface area contributed by atoms with Crippen molar-refractivity contribution in [3.05, 3.63) is 29.4 Å². The summed E-state index contributed by atoms with van der Waals surface area (Å²) in [4.78, 5) is 11.6. The van der Waals surface area contributed by atoms with Gasteiger partial charge in [-0.05, 0) is 37.1 Å². The van der Waals surface area contributed by atoms with Gasteiger partial charge in [0.15, 0.2) is 0 Å². The molecule has 0 aliphatic carbocycles. The third-order valence-corrected chi connectivity index (χ3v) is 2.57. The lowest BCUT2D eigenvalue weighted by Gasteiger charge is -2.12. The smallest absolute Gasteiger partial charge is 0.229 e. The van der Waals surface area contributed by atoms with E-state index in [0.717, 1.165) is 18.6 Å². The van der Waals surface area contributed by atoms with Crippen molar-refractivity contribution in [2.75, 3.05) is 11.1 Å². The summed E-state index contributed by atoms with van der Waals surface area (Å²) in [7, 11) is 0. The number of nitrogens with two attached hydrogens (primary N) is 1. The number of nitrogen functional groups attached to an aromatic ring is 1. The molecule has 0 saturated heterocycles. The van der Waals surface area contributed by atoms with Crippen LogP contribution >= 0.6 is 11.6 Å². The summed E-state index contributed by atoms with van der Waals surface area (Å²) < 4.78 is 5.26. The molecule has 1 unspecified atom stereocenters. The zero-order valence-corrected chi connectivity index (χ0v) is 10.7. The molecule has 0 radical (unpaired) electrons. The highest BCUT2D eigenvalue weighted by Gasteiger charge is 2.08. The Morgan fingerprint density at radius 2 is 2.28 bits per heavy atom. The number of halogens is 1. The van der Waals surface area contributed by atoms with Crippen LogP contribution in [0.25, 0.3) is 0 Å². The molecule has 0 aromatic carbocycles. The Bertz CT molecular complexity index is 482. The fraction of sp³-hybridized carbons (Fsp3) is 0.364. The Morgan fingerprint density at radius 3 is 2.94 bits per heavy atom. The standard InChI is InChI=1S/C11H14ClN5O/c1-7(4-5-8-3-2-6-18-8)14-11-16-9(12)15-10(13)17-11/h2-3,6-7H,4-5H2,1H3,(H3,13,14,15,16,17). The van der Waals surface area contributed by atoms with Gasteiger partial charge in [-0.3, -0.25) is 0 Å². The highest BCUT2D eigenvalue weighted by Crippen LogP contribution is 2.11. The van der Waals surface area contributed by atoms with Crippen LogP contribution in [-0.4, -0.2) is 21.0 Å². The summed E-state index contributed by atoms with van der Waals surface area (Å²) in [5, 5.41) is 3.20. The minimum Gasteiger partial charge on any atom is -0.469 e. The molecule has 0 bridgehead atoms. The van der Waals surface area contributed by atoms with E-state index in [4.69, 9.17) is 21.8 Å². The predicted octanol–water partition coefficient (Wildman–Crippen LogP) is 2.13. The van der Waals surface area contributed by atoms with Gasteiger partial charge < -0.3 is 15.5 Å². The van der Waals surface area contributed by atoms with Gasteiger partial charge in [-0.2, -0.15) is 15.0 Å². The average Bonchev–Trinajstić information content (AvgIpc) is 2.77. The Morgan fingerprint density at radius 1 is 1.44 bits per heavy atom. The average molecular weight is 268 g/mol. The summed E-state index contributed by atoms with van der Waals surface area (Å²) in [6, 6.07) is 4.00. The van der Waals surface area contributed by atoms with Crippen molar-refractivity contribution in [2.45, 2.75) is 25.8 Å². The van der Waals surface area contributed by atoms with Crippen molar-refractivity contribution in [1.82, 2.24) is 15.0 Å². The second-order valence-corrected chi connectivity index (χ2v) is 4.29. The minimum atomic E-state index is 0.0863. The van der Waals surface area contributed by atoms with Gasteiger partial charge in [-0.25, -0.2) is 0 Å².